The summed E-state index contributed by atoms with van der Waals surface area (Å²) < 4.78 is 1.48. The van der Waals surface area contributed by atoms with E-state index in [0.717, 1.165) is 25.9 Å². The number of aromatic nitrogens is 2. The molecule has 1 aromatic rings. The van der Waals surface area contributed by atoms with Crippen molar-refractivity contribution in [3.63, 3.8) is 0 Å². The van der Waals surface area contributed by atoms with E-state index >= 15 is 0 Å². The van der Waals surface area contributed by atoms with Gasteiger partial charge in [0.2, 0.25) is 0 Å². The van der Waals surface area contributed by atoms with Gasteiger partial charge < -0.3 is 10.6 Å². The van der Waals surface area contributed by atoms with E-state index in [2.05, 4.69) is 9.88 Å². The van der Waals surface area contributed by atoms with Gasteiger partial charge >= 0.3 is 5.69 Å². The van der Waals surface area contributed by atoms with Crippen molar-refractivity contribution in [1.29, 1.82) is 0 Å². The predicted molar refractivity (Wildman–Crippen MR) is 61.5 cm³/mol. The van der Waals surface area contributed by atoms with Gasteiger partial charge in [-0.2, -0.15) is 0 Å². The van der Waals surface area contributed by atoms with Crippen LogP contribution in [-0.2, 0) is 0 Å². The third-order valence-corrected chi connectivity index (χ3v) is 2.97. The number of nitrogens with two attached hydrogens (primary N) is 1. The monoisotopic (exact) mass is 224 g/mol. The highest BCUT2D eigenvalue weighted by atomic mass is 16.2. The summed E-state index contributed by atoms with van der Waals surface area (Å²) in [5.74, 6) is 0.244. The maximum atomic E-state index is 11.7. The van der Waals surface area contributed by atoms with Crippen molar-refractivity contribution in [2.45, 2.75) is 18.9 Å². The molecule has 3 N–H and O–H groups in total. The third-order valence-electron chi connectivity index (χ3n) is 2.97. The second-order valence-electron chi connectivity index (χ2n) is 4.29. The molecule has 0 spiro atoms. The van der Waals surface area contributed by atoms with Crippen LogP contribution in [0.2, 0.25) is 0 Å². The van der Waals surface area contributed by atoms with Gasteiger partial charge in [0.15, 0.2) is 0 Å². The number of anilines is 1. The second-order valence-corrected chi connectivity index (χ2v) is 4.29. The van der Waals surface area contributed by atoms with Crippen molar-refractivity contribution in [1.82, 2.24) is 14.5 Å². The quantitative estimate of drug-likeness (QED) is 0.666. The molecule has 0 aromatic carbocycles. The number of likely N-dealkylation sites (N-methyl/N-ethyl adjacent to an activating group) is 1. The Morgan fingerprint density at radius 2 is 2.25 bits per heavy atom. The maximum absolute atomic E-state index is 11.7. The molecule has 2 rings (SSSR count). The second kappa shape index (κ2) is 4.13. The van der Waals surface area contributed by atoms with Gasteiger partial charge in [0.25, 0.3) is 5.56 Å². The predicted octanol–water partition coefficient (Wildman–Crippen LogP) is -0.614. The molecule has 2 heterocycles. The first-order valence-corrected chi connectivity index (χ1v) is 5.38. The number of hydrogen-bond donors (Lipinski definition) is 2. The topological polar surface area (TPSA) is 84.1 Å². The van der Waals surface area contributed by atoms with Crippen LogP contribution in [-0.4, -0.2) is 34.6 Å². The molecule has 1 atom stereocenters. The highest BCUT2D eigenvalue weighted by molar-refractivity contribution is 5.27. The zero-order valence-electron chi connectivity index (χ0n) is 9.27. The van der Waals surface area contributed by atoms with Gasteiger partial charge in [0, 0.05) is 12.6 Å². The van der Waals surface area contributed by atoms with Gasteiger partial charge in [-0.15, -0.1) is 0 Å². The van der Waals surface area contributed by atoms with E-state index in [-0.39, 0.29) is 11.9 Å². The van der Waals surface area contributed by atoms with Crippen molar-refractivity contribution in [3.05, 3.63) is 26.9 Å². The van der Waals surface area contributed by atoms with E-state index < -0.39 is 11.2 Å². The summed E-state index contributed by atoms with van der Waals surface area (Å²) in [5.41, 5.74) is 4.87. The van der Waals surface area contributed by atoms with Crippen LogP contribution in [0.3, 0.4) is 0 Å². The third kappa shape index (κ3) is 2.01. The number of piperidine rings is 1. The summed E-state index contributed by atoms with van der Waals surface area (Å²) in [7, 11) is 2.01. The standard InChI is InChI=1S/C10H16N4O2/c1-13-4-2-3-7(6-13)14-8(11)5-9(15)12-10(14)16/h5,7H,2-4,6,11H2,1H3,(H,12,15,16). The van der Waals surface area contributed by atoms with Crippen molar-refractivity contribution >= 4 is 5.82 Å². The summed E-state index contributed by atoms with van der Waals surface area (Å²) in [6.45, 7) is 1.82. The van der Waals surface area contributed by atoms with Crippen molar-refractivity contribution in [3.8, 4) is 0 Å². The van der Waals surface area contributed by atoms with Crippen molar-refractivity contribution < 1.29 is 0 Å². The molecule has 1 unspecified atom stereocenters. The Morgan fingerprint density at radius 3 is 2.88 bits per heavy atom. The number of H-pyrrole nitrogens is 1. The maximum Gasteiger partial charge on any atom is 0.330 e. The number of likely N-dealkylation sites (tertiary alicyclic amines) is 1. The molecule has 6 nitrogen and oxygen atoms in total. The summed E-state index contributed by atoms with van der Waals surface area (Å²) in [6.07, 6.45) is 1.95. The Kier molecular flexibility index (Phi) is 2.82. The molecule has 16 heavy (non-hydrogen) atoms. The smallest absolute Gasteiger partial charge is 0.330 e. The zero-order chi connectivity index (χ0) is 11.7. The Morgan fingerprint density at radius 1 is 1.50 bits per heavy atom. The van der Waals surface area contributed by atoms with Crippen molar-refractivity contribution in [2.24, 2.45) is 0 Å². The number of hydrogen-bond acceptors (Lipinski definition) is 4. The molecule has 1 aliphatic heterocycles. The number of nitrogen functional groups attached to an aromatic ring is 1. The highest BCUT2D eigenvalue weighted by Gasteiger charge is 2.21. The number of nitrogens with zero attached hydrogens (tertiary/aromatic N) is 2. The molecular formula is C10H16N4O2. The molecule has 1 aromatic heterocycles. The van der Waals surface area contributed by atoms with Crippen LogP contribution in [0.25, 0.3) is 0 Å². The molecule has 0 radical (unpaired) electrons. The van der Waals surface area contributed by atoms with Crippen LogP contribution in [0.15, 0.2) is 15.7 Å². The first-order valence-electron chi connectivity index (χ1n) is 5.38. The summed E-state index contributed by atoms with van der Waals surface area (Å²) in [5, 5.41) is 0. The van der Waals surface area contributed by atoms with Crippen LogP contribution >= 0.6 is 0 Å². The summed E-state index contributed by atoms with van der Waals surface area (Å²) in [4.78, 5) is 27.1. The Balaban J connectivity index is 2.40. The molecule has 1 fully saturated rings. The minimum absolute atomic E-state index is 0.0584. The lowest BCUT2D eigenvalue weighted by Crippen LogP contribution is -2.41. The van der Waals surface area contributed by atoms with E-state index in [4.69, 9.17) is 5.73 Å². The lowest BCUT2D eigenvalue weighted by atomic mass is 10.1. The lowest BCUT2D eigenvalue weighted by molar-refractivity contribution is 0.209. The largest absolute Gasteiger partial charge is 0.385 e. The fourth-order valence-electron chi connectivity index (χ4n) is 2.25. The zero-order valence-corrected chi connectivity index (χ0v) is 9.27. The number of aromatic amines is 1. The molecule has 0 aliphatic carbocycles. The van der Waals surface area contributed by atoms with Gasteiger partial charge in [-0.05, 0) is 26.4 Å². The first-order chi connectivity index (χ1) is 7.58. The van der Waals surface area contributed by atoms with Gasteiger partial charge in [-0.25, -0.2) is 4.79 Å². The van der Waals surface area contributed by atoms with E-state index in [9.17, 15) is 9.59 Å². The van der Waals surface area contributed by atoms with E-state index in [1.165, 1.54) is 10.6 Å². The Labute approximate surface area is 92.7 Å². The minimum Gasteiger partial charge on any atom is -0.385 e. The molecular weight excluding hydrogens is 208 g/mol. The molecule has 0 bridgehead atoms. The number of nitrogens with one attached hydrogen (secondary N) is 1. The van der Waals surface area contributed by atoms with Crippen LogP contribution in [0.4, 0.5) is 5.82 Å². The van der Waals surface area contributed by atoms with E-state index in [0.29, 0.717) is 0 Å². The molecule has 0 amide bonds. The van der Waals surface area contributed by atoms with Gasteiger partial charge in [-0.1, -0.05) is 0 Å². The first kappa shape index (κ1) is 10.9. The fraction of sp³-hybridized carbons (Fsp3) is 0.600. The molecule has 88 valence electrons. The fourth-order valence-corrected chi connectivity index (χ4v) is 2.25. The van der Waals surface area contributed by atoms with Gasteiger partial charge in [0.05, 0.1) is 6.04 Å². The van der Waals surface area contributed by atoms with Gasteiger partial charge in [-0.3, -0.25) is 14.3 Å². The van der Waals surface area contributed by atoms with Crippen LogP contribution in [0.5, 0.6) is 0 Å². The Hall–Kier alpha value is -1.56. The van der Waals surface area contributed by atoms with Gasteiger partial charge in [0.1, 0.15) is 5.82 Å². The summed E-state index contributed by atoms with van der Waals surface area (Å²) >= 11 is 0. The van der Waals surface area contributed by atoms with Crippen LogP contribution in [0, 0.1) is 0 Å². The van der Waals surface area contributed by atoms with E-state index in [1.807, 2.05) is 7.05 Å². The van der Waals surface area contributed by atoms with Crippen molar-refractivity contribution in [2.75, 3.05) is 25.9 Å². The molecule has 0 saturated carbocycles. The highest BCUT2D eigenvalue weighted by Crippen LogP contribution is 2.20. The number of rotatable bonds is 1. The Bertz CT molecular complexity index is 490. The van der Waals surface area contributed by atoms with E-state index in [1.54, 1.807) is 0 Å². The molecule has 6 heteroatoms. The SMILES string of the molecule is CN1CCCC(n2c(N)cc(=O)[nH]c2=O)C1. The lowest BCUT2D eigenvalue weighted by Gasteiger charge is -2.31. The minimum atomic E-state index is -0.442. The average molecular weight is 224 g/mol. The summed E-state index contributed by atoms with van der Waals surface area (Å²) in [6, 6.07) is 1.32. The average Bonchev–Trinajstić information content (AvgIpc) is 2.15. The molecule has 1 saturated heterocycles. The molecule has 1 aliphatic rings. The normalized spacial score (nSPS) is 22.2. The van der Waals surface area contributed by atoms with Crippen LogP contribution < -0.4 is 17.0 Å². The van der Waals surface area contributed by atoms with Crippen LogP contribution in [0.1, 0.15) is 18.9 Å².